The van der Waals surface area contributed by atoms with E-state index in [0.717, 1.165) is 18.9 Å². The Labute approximate surface area is 130 Å². The summed E-state index contributed by atoms with van der Waals surface area (Å²) in [5.74, 6) is 1.79. The summed E-state index contributed by atoms with van der Waals surface area (Å²) in [7, 11) is 0. The number of rotatable bonds is 0. The zero-order valence-corrected chi connectivity index (χ0v) is 13.0. The van der Waals surface area contributed by atoms with E-state index in [0.29, 0.717) is 17.7 Å². The van der Waals surface area contributed by atoms with Crippen molar-refractivity contribution in [2.45, 2.75) is 38.1 Å². The highest BCUT2D eigenvalue weighted by molar-refractivity contribution is 5.86. The summed E-state index contributed by atoms with van der Waals surface area (Å²) in [6.45, 7) is 4.61. The van der Waals surface area contributed by atoms with Crippen LogP contribution < -0.4 is 0 Å². The molecule has 0 spiro atoms. The normalized spacial score (nSPS) is 34.9. The standard InChI is InChI=1S/C19H22N2O/c1-2-12-7-11-8-16-18-14(5-6-21(10-11)19(12)16)15-9-13(22)3-4-17(15)20-18/h2-4,9,11,16,19-20,22H,5-8,10H2,1H3/b12-2+. The number of phenolic OH excluding ortho intramolecular Hbond substituents is 1. The number of benzene rings is 1. The van der Waals surface area contributed by atoms with E-state index in [2.05, 4.69) is 22.9 Å². The number of piperidine rings is 2. The monoisotopic (exact) mass is 294 g/mol. The van der Waals surface area contributed by atoms with E-state index in [-0.39, 0.29) is 0 Å². The van der Waals surface area contributed by atoms with Crippen molar-refractivity contribution in [2.24, 2.45) is 5.92 Å². The Morgan fingerprint density at radius 2 is 2.27 bits per heavy atom. The number of fused-ring (bicyclic) bond motifs is 4. The second-order valence-electron chi connectivity index (χ2n) is 7.21. The van der Waals surface area contributed by atoms with Crippen molar-refractivity contribution in [3.05, 3.63) is 41.1 Å². The average molecular weight is 294 g/mol. The lowest BCUT2D eigenvalue weighted by molar-refractivity contribution is 0.0758. The third-order valence-electron chi connectivity index (χ3n) is 6.07. The van der Waals surface area contributed by atoms with Crippen molar-refractivity contribution in [1.82, 2.24) is 9.88 Å². The van der Waals surface area contributed by atoms with Gasteiger partial charge in [0.15, 0.2) is 0 Å². The van der Waals surface area contributed by atoms with Crippen LogP contribution in [0.3, 0.4) is 0 Å². The van der Waals surface area contributed by atoms with Gasteiger partial charge in [0, 0.05) is 41.6 Å². The van der Waals surface area contributed by atoms with E-state index in [9.17, 15) is 5.11 Å². The lowest BCUT2D eigenvalue weighted by atomic mass is 9.69. The van der Waals surface area contributed by atoms with Crippen LogP contribution >= 0.6 is 0 Å². The molecule has 3 aliphatic heterocycles. The summed E-state index contributed by atoms with van der Waals surface area (Å²) >= 11 is 0. The maximum Gasteiger partial charge on any atom is 0.116 e. The predicted octanol–water partition coefficient (Wildman–Crippen LogP) is 3.55. The molecule has 4 heterocycles. The third-order valence-corrected chi connectivity index (χ3v) is 6.07. The van der Waals surface area contributed by atoms with Crippen molar-refractivity contribution < 1.29 is 5.11 Å². The quantitative estimate of drug-likeness (QED) is 0.729. The molecule has 1 saturated carbocycles. The minimum absolute atomic E-state index is 0.373. The Balaban J connectivity index is 1.72. The van der Waals surface area contributed by atoms with Crippen LogP contribution in [0.25, 0.3) is 10.9 Å². The number of nitrogens with zero attached hydrogens (tertiary/aromatic N) is 1. The minimum Gasteiger partial charge on any atom is -0.508 e. The molecular formula is C19H22N2O. The van der Waals surface area contributed by atoms with Gasteiger partial charge < -0.3 is 10.1 Å². The van der Waals surface area contributed by atoms with E-state index in [4.69, 9.17) is 0 Å². The van der Waals surface area contributed by atoms with Gasteiger partial charge in [0.05, 0.1) is 0 Å². The molecule has 4 atom stereocenters. The molecule has 3 nitrogen and oxygen atoms in total. The highest BCUT2D eigenvalue weighted by Gasteiger charge is 2.46. The summed E-state index contributed by atoms with van der Waals surface area (Å²) in [4.78, 5) is 6.41. The molecule has 2 N–H and O–H groups in total. The van der Waals surface area contributed by atoms with Gasteiger partial charge in [-0.3, -0.25) is 4.90 Å². The molecule has 4 bridgehead atoms. The summed E-state index contributed by atoms with van der Waals surface area (Å²) in [6.07, 6.45) is 6.06. The fraction of sp³-hybridized carbons (Fsp3) is 0.474. The number of hydrogen-bond acceptors (Lipinski definition) is 2. The molecule has 114 valence electrons. The third kappa shape index (κ3) is 1.60. The average Bonchev–Trinajstić information content (AvgIpc) is 2.85. The molecule has 4 unspecified atom stereocenters. The van der Waals surface area contributed by atoms with Gasteiger partial charge in [-0.15, -0.1) is 0 Å². The van der Waals surface area contributed by atoms with Crippen molar-refractivity contribution in [3.8, 4) is 5.75 Å². The lowest BCUT2D eigenvalue weighted by Gasteiger charge is -2.50. The first kappa shape index (κ1) is 12.8. The number of phenols is 1. The van der Waals surface area contributed by atoms with Gasteiger partial charge in [-0.2, -0.15) is 0 Å². The van der Waals surface area contributed by atoms with E-state index < -0.39 is 0 Å². The Bertz CT molecular complexity index is 788. The summed E-state index contributed by atoms with van der Waals surface area (Å²) in [5.41, 5.74) is 5.71. The highest BCUT2D eigenvalue weighted by atomic mass is 16.3. The number of hydrogen-bond donors (Lipinski definition) is 2. The van der Waals surface area contributed by atoms with Crippen LogP contribution in [0.2, 0.25) is 0 Å². The van der Waals surface area contributed by atoms with Crippen molar-refractivity contribution >= 4 is 10.9 Å². The first-order valence-corrected chi connectivity index (χ1v) is 8.47. The van der Waals surface area contributed by atoms with Crippen LogP contribution in [-0.4, -0.2) is 34.1 Å². The molecule has 3 fully saturated rings. The van der Waals surface area contributed by atoms with Gasteiger partial charge in [0.1, 0.15) is 5.75 Å². The first-order chi connectivity index (χ1) is 10.7. The summed E-state index contributed by atoms with van der Waals surface area (Å²) < 4.78 is 0. The fourth-order valence-corrected chi connectivity index (χ4v) is 5.25. The SMILES string of the molecule is C/C=C1\CC2CC3c4[nH]c5ccc(O)cc5c4CCN(C2)C13. The molecular weight excluding hydrogens is 272 g/mol. The Hall–Kier alpha value is -1.74. The number of aromatic nitrogens is 1. The molecule has 3 heteroatoms. The van der Waals surface area contributed by atoms with Crippen LogP contribution in [-0.2, 0) is 6.42 Å². The fourth-order valence-electron chi connectivity index (χ4n) is 5.25. The maximum absolute atomic E-state index is 9.86. The molecule has 6 rings (SSSR count). The van der Waals surface area contributed by atoms with Gasteiger partial charge >= 0.3 is 0 Å². The second kappa shape index (κ2) is 4.39. The van der Waals surface area contributed by atoms with Crippen LogP contribution in [0, 0.1) is 5.92 Å². The molecule has 4 aliphatic rings. The van der Waals surface area contributed by atoms with Crippen LogP contribution in [0.4, 0.5) is 0 Å². The largest absolute Gasteiger partial charge is 0.508 e. The zero-order valence-electron chi connectivity index (χ0n) is 13.0. The molecule has 1 aromatic heterocycles. The minimum atomic E-state index is 0.373. The predicted molar refractivity (Wildman–Crippen MR) is 88.3 cm³/mol. The van der Waals surface area contributed by atoms with Gasteiger partial charge in [0.25, 0.3) is 0 Å². The summed E-state index contributed by atoms with van der Waals surface area (Å²) in [6, 6.07) is 6.34. The molecule has 1 aliphatic carbocycles. The van der Waals surface area contributed by atoms with E-state index in [1.54, 1.807) is 11.6 Å². The maximum atomic E-state index is 9.86. The van der Waals surface area contributed by atoms with Crippen LogP contribution in [0.15, 0.2) is 29.8 Å². The number of aromatic amines is 1. The van der Waals surface area contributed by atoms with E-state index in [1.165, 1.54) is 41.5 Å². The zero-order chi connectivity index (χ0) is 14.8. The second-order valence-corrected chi connectivity index (χ2v) is 7.21. The van der Waals surface area contributed by atoms with Gasteiger partial charge in [-0.1, -0.05) is 11.6 Å². The lowest BCUT2D eigenvalue weighted by Crippen LogP contribution is -2.52. The number of allylic oxidation sites excluding steroid dienone is 1. The molecule has 0 amide bonds. The van der Waals surface area contributed by atoms with Crippen molar-refractivity contribution in [2.75, 3.05) is 13.1 Å². The van der Waals surface area contributed by atoms with Crippen molar-refractivity contribution in [1.29, 1.82) is 0 Å². The molecule has 2 aromatic rings. The van der Waals surface area contributed by atoms with Crippen molar-refractivity contribution in [3.63, 3.8) is 0 Å². The topological polar surface area (TPSA) is 39.3 Å². The van der Waals surface area contributed by atoms with Crippen LogP contribution in [0.5, 0.6) is 5.75 Å². The van der Waals surface area contributed by atoms with Gasteiger partial charge in [-0.05, 0) is 55.9 Å². The van der Waals surface area contributed by atoms with Crippen LogP contribution in [0.1, 0.15) is 36.9 Å². The molecule has 0 radical (unpaired) electrons. The molecule has 2 saturated heterocycles. The Morgan fingerprint density at radius 3 is 3.14 bits per heavy atom. The van der Waals surface area contributed by atoms with E-state index in [1.807, 2.05) is 12.1 Å². The van der Waals surface area contributed by atoms with Gasteiger partial charge in [0.2, 0.25) is 0 Å². The highest BCUT2D eigenvalue weighted by Crippen LogP contribution is 2.50. The molecule has 1 aromatic carbocycles. The first-order valence-electron chi connectivity index (χ1n) is 8.47. The number of aromatic hydroxyl groups is 1. The number of H-pyrrole nitrogens is 1. The number of nitrogens with one attached hydrogen (secondary N) is 1. The Morgan fingerprint density at radius 1 is 1.36 bits per heavy atom. The van der Waals surface area contributed by atoms with E-state index >= 15 is 0 Å². The summed E-state index contributed by atoms with van der Waals surface area (Å²) in [5, 5.41) is 11.1. The Kier molecular flexibility index (Phi) is 2.55. The molecule has 22 heavy (non-hydrogen) atoms. The smallest absolute Gasteiger partial charge is 0.116 e. The van der Waals surface area contributed by atoms with Gasteiger partial charge in [-0.25, -0.2) is 0 Å².